The minimum atomic E-state index is -0.363. The molecule has 0 aliphatic rings. The summed E-state index contributed by atoms with van der Waals surface area (Å²) in [7, 11) is 1.63. The molecular weight excluding hydrogens is 274 g/mol. The molecule has 4 nitrogen and oxygen atoms in total. The zero-order valence-electron chi connectivity index (χ0n) is 11.7. The van der Waals surface area contributed by atoms with Gasteiger partial charge in [0.05, 0.1) is 19.4 Å². The number of carbonyl (C=O) groups excluding carboxylic acids is 1. The van der Waals surface area contributed by atoms with Crippen molar-refractivity contribution in [1.29, 1.82) is 0 Å². The Morgan fingerprint density at radius 1 is 1.30 bits per heavy atom. The zero-order valence-corrected chi connectivity index (χ0v) is 12.5. The Morgan fingerprint density at radius 3 is 2.50 bits per heavy atom. The molecule has 0 unspecified atom stereocenters. The average Bonchev–Trinajstić information content (AvgIpc) is 2.76. The van der Waals surface area contributed by atoms with E-state index in [1.807, 2.05) is 31.2 Å². The van der Waals surface area contributed by atoms with Crippen LogP contribution in [0.1, 0.15) is 22.2 Å². The van der Waals surface area contributed by atoms with E-state index in [1.54, 1.807) is 14.0 Å². The van der Waals surface area contributed by atoms with E-state index in [1.165, 1.54) is 11.3 Å². The van der Waals surface area contributed by atoms with Crippen molar-refractivity contribution < 1.29 is 14.3 Å². The van der Waals surface area contributed by atoms with Crippen LogP contribution in [0, 0.1) is 6.92 Å². The molecule has 1 heterocycles. The van der Waals surface area contributed by atoms with Gasteiger partial charge < -0.3 is 15.2 Å². The third-order valence-corrected chi connectivity index (χ3v) is 4.34. The number of hydrogen-bond acceptors (Lipinski definition) is 5. The highest BCUT2D eigenvalue weighted by molar-refractivity contribution is 7.18. The molecule has 0 amide bonds. The standard InChI is InChI=1S/C15H17NO3S/c1-4-19-15(17)14-12(16)9(2)13(20-14)10-5-7-11(18-3)8-6-10/h5-8H,4,16H2,1-3H3. The first-order valence-electron chi connectivity index (χ1n) is 6.28. The van der Waals surface area contributed by atoms with Gasteiger partial charge in [-0.25, -0.2) is 4.79 Å². The molecule has 0 spiro atoms. The highest BCUT2D eigenvalue weighted by Gasteiger charge is 2.20. The minimum absolute atomic E-state index is 0.340. The maximum atomic E-state index is 11.9. The number of methoxy groups -OCH3 is 1. The molecule has 0 fully saturated rings. The number of rotatable bonds is 4. The summed E-state index contributed by atoms with van der Waals surface area (Å²) in [5.74, 6) is 0.430. The number of carbonyl (C=O) groups is 1. The fourth-order valence-electron chi connectivity index (χ4n) is 1.89. The van der Waals surface area contributed by atoms with Crippen molar-refractivity contribution >= 4 is 23.0 Å². The van der Waals surface area contributed by atoms with Crippen LogP contribution in [0.25, 0.3) is 10.4 Å². The minimum Gasteiger partial charge on any atom is -0.497 e. The van der Waals surface area contributed by atoms with Crippen molar-refractivity contribution in [3.05, 3.63) is 34.7 Å². The summed E-state index contributed by atoms with van der Waals surface area (Å²) in [6.45, 7) is 4.03. The summed E-state index contributed by atoms with van der Waals surface area (Å²) in [5, 5.41) is 0. The lowest BCUT2D eigenvalue weighted by Gasteiger charge is -2.02. The SMILES string of the molecule is CCOC(=O)c1sc(-c2ccc(OC)cc2)c(C)c1N. The second kappa shape index (κ2) is 5.96. The molecule has 0 bridgehead atoms. The van der Waals surface area contributed by atoms with Crippen LogP contribution in [0.2, 0.25) is 0 Å². The summed E-state index contributed by atoms with van der Waals surface area (Å²) < 4.78 is 10.2. The Morgan fingerprint density at radius 2 is 1.95 bits per heavy atom. The third-order valence-electron chi connectivity index (χ3n) is 3.01. The van der Waals surface area contributed by atoms with Crippen molar-refractivity contribution in [1.82, 2.24) is 0 Å². The van der Waals surface area contributed by atoms with Gasteiger partial charge in [0.2, 0.25) is 0 Å². The Kier molecular flexibility index (Phi) is 4.29. The quantitative estimate of drug-likeness (QED) is 0.876. The molecule has 20 heavy (non-hydrogen) atoms. The van der Waals surface area contributed by atoms with Crippen molar-refractivity contribution in [3.8, 4) is 16.2 Å². The lowest BCUT2D eigenvalue weighted by Crippen LogP contribution is -2.05. The molecule has 0 aliphatic carbocycles. The number of nitrogens with two attached hydrogens (primary N) is 1. The summed E-state index contributed by atoms with van der Waals surface area (Å²) >= 11 is 1.36. The van der Waals surface area contributed by atoms with E-state index in [-0.39, 0.29) is 5.97 Å². The van der Waals surface area contributed by atoms with Gasteiger partial charge in [-0.1, -0.05) is 0 Å². The molecule has 0 saturated heterocycles. The predicted molar refractivity (Wildman–Crippen MR) is 81.4 cm³/mol. The Bertz CT molecular complexity index is 617. The lowest BCUT2D eigenvalue weighted by atomic mass is 10.1. The Labute approximate surface area is 122 Å². The maximum Gasteiger partial charge on any atom is 0.350 e. The largest absolute Gasteiger partial charge is 0.497 e. The van der Waals surface area contributed by atoms with Crippen LogP contribution in [-0.4, -0.2) is 19.7 Å². The van der Waals surface area contributed by atoms with Gasteiger partial charge in [-0.15, -0.1) is 11.3 Å². The molecule has 0 atom stereocenters. The van der Waals surface area contributed by atoms with Gasteiger partial charge in [0.25, 0.3) is 0 Å². The second-order valence-electron chi connectivity index (χ2n) is 4.25. The lowest BCUT2D eigenvalue weighted by molar-refractivity contribution is 0.0533. The van der Waals surface area contributed by atoms with Crippen molar-refractivity contribution in [2.45, 2.75) is 13.8 Å². The molecule has 1 aromatic heterocycles. The van der Waals surface area contributed by atoms with Gasteiger partial charge >= 0.3 is 5.97 Å². The summed E-state index contributed by atoms with van der Waals surface area (Å²) in [5.41, 5.74) is 8.43. The van der Waals surface area contributed by atoms with Crippen LogP contribution in [0.5, 0.6) is 5.75 Å². The number of hydrogen-bond donors (Lipinski definition) is 1. The van der Waals surface area contributed by atoms with Crippen LogP contribution < -0.4 is 10.5 Å². The molecule has 106 valence electrons. The van der Waals surface area contributed by atoms with E-state index in [0.717, 1.165) is 21.8 Å². The monoisotopic (exact) mass is 291 g/mol. The number of esters is 1. The second-order valence-corrected chi connectivity index (χ2v) is 5.27. The van der Waals surface area contributed by atoms with E-state index < -0.39 is 0 Å². The Balaban J connectivity index is 2.41. The molecule has 0 saturated carbocycles. The van der Waals surface area contributed by atoms with E-state index in [9.17, 15) is 4.79 Å². The maximum absolute atomic E-state index is 11.9. The van der Waals surface area contributed by atoms with E-state index in [4.69, 9.17) is 15.2 Å². The smallest absolute Gasteiger partial charge is 0.350 e. The van der Waals surface area contributed by atoms with Gasteiger partial charge in [-0.3, -0.25) is 0 Å². The predicted octanol–water partition coefficient (Wildman–Crippen LogP) is 3.49. The molecule has 0 aliphatic heterocycles. The number of nitrogen functional groups attached to an aromatic ring is 1. The molecule has 5 heteroatoms. The van der Waals surface area contributed by atoms with Gasteiger partial charge in [0, 0.05) is 4.88 Å². The van der Waals surface area contributed by atoms with E-state index in [2.05, 4.69) is 0 Å². The molecule has 2 N–H and O–H groups in total. The first-order chi connectivity index (χ1) is 9.58. The number of thiophene rings is 1. The fourth-order valence-corrected chi connectivity index (χ4v) is 3.02. The number of anilines is 1. The van der Waals surface area contributed by atoms with Crippen LogP contribution >= 0.6 is 11.3 Å². The molecule has 1 aromatic carbocycles. The van der Waals surface area contributed by atoms with Crippen LogP contribution in [0.4, 0.5) is 5.69 Å². The summed E-state index contributed by atoms with van der Waals surface area (Å²) in [6, 6.07) is 7.67. The topological polar surface area (TPSA) is 61.5 Å². The van der Waals surface area contributed by atoms with Crippen molar-refractivity contribution in [3.63, 3.8) is 0 Å². The number of ether oxygens (including phenoxy) is 2. The molecule has 0 radical (unpaired) electrons. The van der Waals surface area contributed by atoms with Gasteiger partial charge in [-0.2, -0.15) is 0 Å². The summed E-state index contributed by atoms with van der Waals surface area (Å²) in [6.07, 6.45) is 0. The molecule has 2 aromatic rings. The highest BCUT2D eigenvalue weighted by atomic mass is 32.1. The first kappa shape index (κ1) is 14.4. The van der Waals surface area contributed by atoms with Crippen LogP contribution in [0.3, 0.4) is 0 Å². The summed E-state index contributed by atoms with van der Waals surface area (Å²) in [4.78, 5) is 13.3. The van der Waals surface area contributed by atoms with Gasteiger partial charge in [-0.05, 0) is 49.2 Å². The molecule has 2 rings (SSSR count). The van der Waals surface area contributed by atoms with Gasteiger partial charge in [0.15, 0.2) is 0 Å². The van der Waals surface area contributed by atoms with Crippen LogP contribution in [-0.2, 0) is 4.74 Å². The van der Waals surface area contributed by atoms with Crippen molar-refractivity contribution in [2.24, 2.45) is 0 Å². The van der Waals surface area contributed by atoms with Crippen LogP contribution in [0.15, 0.2) is 24.3 Å². The van der Waals surface area contributed by atoms with Gasteiger partial charge in [0.1, 0.15) is 10.6 Å². The first-order valence-corrected chi connectivity index (χ1v) is 7.10. The highest BCUT2D eigenvalue weighted by Crippen LogP contribution is 2.38. The molecular formula is C15H17NO3S. The fraction of sp³-hybridized carbons (Fsp3) is 0.267. The Hall–Kier alpha value is -2.01. The number of benzene rings is 1. The van der Waals surface area contributed by atoms with E-state index >= 15 is 0 Å². The van der Waals surface area contributed by atoms with Crippen molar-refractivity contribution in [2.75, 3.05) is 19.5 Å². The third kappa shape index (κ3) is 2.63. The average molecular weight is 291 g/mol. The zero-order chi connectivity index (χ0) is 14.7. The van der Waals surface area contributed by atoms with E-state index in [0.29, 0.717) is 17.2 Å². The normalized spacial score (nSPS) is 10.3.